The number of aliphatic hydroxyl groups excluding tert-OH is 1. The molecule has 0 amide bonds. The first-order valence-corrected chi connectivity index (χ1v) is 9.81. The molecular formula is C23H24BrNO2. The second kappa shape index (κ2) is 9.70. The van der Waals surface area contributed by atoms with Gasteiger partial charge in [0, 0.05) is 23.1 Å². The van der Waals surface area contributed by atoms with E-state index < -0.39 is 6.10 Å². The maximum atomic E-state index is 10.3. The van der Waals surface area contributed by atoms with Crippen molar-refractivity contribution >= 4 is 15.9 Å². The smallest absolute Gasteiger partial charge is 0.124 e. The van der Waals surface area contributed by atoms with Gasteiger partial charge in [0.1, 0.15) is 12.4 Å². The van der Waals surface area contributed by atoms with Crippen molar-refractivity contribution in [3.63, 3.8) is 0 Å². The molecule has 0 bridgehead atoms. The van der Waals surface area contributed by atoms with Crippen molar-refractivity contribution in [3.05, 3.63) is 99.5 Å². The molecule has 0 heterocycles. The third-order valence-corrected chi connectivity index (χ3v) is 4.87. The minimum absolute atomic E-state index is 0.480. The molecule has 27 heavy (non-hydrogen) atoms. The van der Waals surface area contributed by atoms with Gasteiger partial charge in [-0.15, -0.1) is 0 Å². The number of nitrogens with one attached hydrogen (secondary N) is 1. The summed E-state index contributed by atoms with van der Waals surface area (Å²) in [4.78, 5) is 0. The van der Waals surface area contributed by atoms with Crippen LogP contribution >= 0.6 is 15.9 Å². The Balaban J connectivity index is 1.59. The van der Waals surface area contributed by atoms with E-state index in [-0.39, 0.29) is 0 Å². The summed E-state index contributed by atoms with van der Waals surface area (Å²) in [6, 6.07) is 24.0. The Bertz CT molecular complexity index is 850. The molecular weight excluding hydrogens is 402 g/mol. The molecule has 0 aliphatic carbocycles. The van der Waals surface area contributed by atoms with Gasteiger partial charge in [-0.05, 0) is 36.2 Å². The molecule has 3 aromatic rings. The molecule has 3 rings (SSSR count). The number of hydrogen-bond donors (Lipinski definition) is 2. The van der Waals surface area contributed by atoms with Crippen LogP contribution in [0.15, 0.2) is 77.3 Å². The summed E-state index contributed by atoms with van der Waals surface area (Å²) in [5, 5.41) is 13.6. The van der Waals surface area contributed by atoms with Crippen LogP contribution in [0.25, 0.3) is 0 Å². The van der Waals surface area contributed by atoms with Crippen molar-refractivity contribution in [2.45, 2.75) is 26.2 Å². The quantitative estimate of drug-likeness (QED) is 0.523. The van der Waals surface area contributed by atoms with Gasteiger partial charge in [0.15, 0.2) is 0 Å². The van der Waals surface area contributed by atoms with Gasteiger partial charge >= 0.3 is 0 Å². The third kappa shape index (κ3) is 5.93. The van der Waals surface area contributed by atoms with Gasteiger partial charge in [0.25, 0.3) is 0 Å². The number of ether oxygens (including phenoxy) is 1. The van der Waals surface area contributed by atoms with Gasteiger partial charge in [-0.1, -0.05) is 76.1 Å². The van der Waals surface area contributed by atoms with Crippen molar-refractivity contribution in [3.8, 4) is 5.75 Å². The van der Waals surface area contributed by atoms with Gasteiger partial charge in [0.2, 0.25) is 0 Å². The van der Waals surface area contributed by atoms with Gasteiger partial charge in [-0.3, -0.25) is 0 Å². The lowest BCUT2D eigenvalue weighted by Crippen LogP contribution is -2.21. The highest BCUT2D eigenvalue weighted by Gasteiger charge is 2.09. The zero-order chi connectivity index (χ0) is 19.1. The summed E-state index contributed by atoms with van der Waals surface area (Å²) in [7, 11) is 0. The van der Waals surface area contributed by atoms with Crippen LogP contribution in [0.3, 0.4) is 0 Å². The van der Waals surface area contributed by atoms with Crippen LogP contribution in [-0.2, 0) is 13.2 Å². The van der Waals surface area contributed by atoms with Gasteiger partial charge < -0.3 is 15.2 Å². The topological polar surface area (TPSA) is 41.5 Å². The lowest BCUT2D eigenvalue weighted by Gasteiger charge is -2.15. The highest BCUT2D eigenvalue weighted by Crippen LogP contribution is 2.24. The molecule has 0 radical (unpaired) electrons. The minimum atomic E-state index is -0.532. The monoisotopic (exact) mass is 425 g/mol. The van der Waals surface area contributed by atoms with Crippen molar-refractivity contribution in [2.75, 3.05) is 6.54 Å². The predicted octanol–water partition coefficient (Wildman–Crippen LogP) is 5.16. The molecule has 0 aliphatic rings. The van der Waals surface area contributed by atoms with Gasteiger partial charge in [-0.25, -0.2) is 0 Å². The van der Waals surface area contributed by atoms with E-state index in [4.69, 9.17) is 4.74 Å². The maximum Gasteiger partial charge on any atom is 0.124 e. The van der Waals surface area contributed by atoms with E-state index in [9.17, 15) is 5.11 Å². The van der Waals surface area contributed by atoms with Crippen molar-refractivity contribution < 1.29 is 9.84 Å². The highest BCUT2D eigenvalue weighted by molar-refractivity contribution is 9.10. The van der Waals surface area contributed by atoms with Crippen LogP contribution < -0.4 is 10.1 Å². The van der Waals surface area contributed by atoms with E-state index in [2.05, 4.69) is 52.4 Å². The largest absolute Gasteiger partial charge is 0.489 e. The number of hydrogen-bond acceptors (Lipinski definition) is 3. The Morgan fingerprint density at radius 1 is 1.00 bits per heavy atom. The average Bonchev–Trinajstić information content (AvgIpc) is 2.69. The Morgan fingerprint density at radius 3 is 2.48 bits per heavy atom. The summed E-state index contributed by atoms with van der Waals surface area (Å²) in [5.41, 5.74) is 4.35. The Hall–Kier alpha value is -2.14. The van der Waals surface area contributed by atoms with Crippen LogP contribution in [0, 0.1) is 6.92 Å². The molecule has 1 atom stereocenters. The number of aliphatic hydroxyl groups is 1. The number of benzene rings is 3. The third-order valence-electron chi connectivity index (χ3n) is 4.37. The fourth-order valence-corrected chi connectivity index (χ4v) is 3.22. The summed E-state index contributed by atoms with van der Waals surface area (Å²) < 4.78 is 7.04. The van der Waals surface area contributed by atoms with Crippen molar-refractivity contribution in [2.24, 2.45) is 0 Å². The predicted molar refractivity (Wildman–Crippen MR) is 113 cm³/mol. The van der Waals surface area contributed by atoms with Crippen LogP contribution in [-0.4, -0.2) is 11.7 Å². The highest BCUT2D eigenvalue weighted by atomic mass is 79.9. The fraction of sp³-hybridized carbons (Fsp3) is 0.217. The Labute approximate surface area is 169 Å². The molecule has 0 aliphatic heterocycles. The second-order valence-electron chi connectivity index (χ2n) is 6.58. The zero-order valence-electron chi connectivity index (χ0n) is 15.4. The molecule has 0 saturated heterocycles. The molecule has 4 heteroatoms. The number of rotatable bonds is 8. The first-order valence-electron chi connectivity index (χ1n) is 9.02. The Morgan fingerprint density at radius 2 is 1.74 bits per heavy atom. The lowest BCUT2D eigenvalue weighted by molar-refractivity contribution is 0.174. The molecule has 2 N–H and O–H groups in total. The number of aryl methyl sites for hydroxylation is 1. The van der Waals surface area contributed by atoms with Crippen LogP contribution in [0.2, 0.25) is 0 Å². The molecule has 0 aromatic heterocycles. The fourth-order valence-electron chi connectivity index (χ4n) is 2.81. The van der Waals surface area contributed by atoms with Gasteiger partial charge in [0.05, 0.1) is 6.10 Å². The van der Waals surface area contributed by atoms with E-state index in [0.717, 1.165) is 26.9 Å². The normalized spacial score (nSPS) is 12.0. The van der Waals surface area contributed by atoms with E-state index >= 15 is 0 Å². The first kappa shape index (κ1) is 19.6. The minimum Gasteiger partial charge on any atom is -0.489 e. The summed E-state index contributed by atoms with van der Waals surface area (Å²) in [6.07, 6.45) is -0.532. The molecule has 0 fully saturated rings. The van der Waals surface area contributed by atoms with Crippen molar-refractivity contribution in [1.82, 2.24) is 5.32 Å². The van der Waals surface area contributed by atoms with E-state index in [1.807, 2.05) is 48.5 Å². The lowest BCUT2D eigenvalue weighted by atomic mass is 10.1. The first-order chi connectivity index (χ1) is 13.1. The molecule has 0 unspecified atom stereocenters. The van der Waals surface area contributed by atoms with E-state index in [0.29, 0.717) is 19.7 Å². The van der Waals surface area contributed by atoms with Crippen LogP contribution in [0.1, 0.15) is 28.4 Å². The second-order valence-corrected chi connectivity index (χ2v) is 7.50. The summed E-state index contributed by atoms with van der Waals surface area (Å²) >= 11 is 3.53. The van der Waals surface area contributed by atoms with Crippen molar-refractivity contribution in [1.29, 1.82) is 0 Å². The Kier molecular flexibility index (Phi) is 7.04. The maximum absolute atomic E-state index is 10.3. The molecule has 3 aromatic carbocycles. The number of halogens is 1. The zero-order valence-corrected chi connectivity index (χ0v) is 16.9. The van der Waals surface area contributed by atoms with E-state index in [1.54, 1.807) is 0 Å². The molecule has 0 spiro atoms. The molecule has 3 nitrogen and oxygen atoms in total. The molecule has 140 valence electrons. The van der Waals surface area contributed by atoms with Crippen LogP contribution in [0.4, 0.5) is 0 Å². The van der Waals surface area contributed by atoms with Gasteiger partial charge in [-0.2, -0.15) is 0 Å². The summed E-state index contributed by atoms with van der Waals surface area (Å²) in [6.45, 7) is 3.70. The average molecular weight is 426 g/mol. The SMILES string of the molecule is Cc1ccc(COc2ccc(Br)cc2CNC[C@@H](O)c2ccccc2)cc1. The molecule has 0 saturated carbocycles. The summed E-state index contributed by atoms with van der Waals surface area (Å²) in [5.74, 6) is 0.848. The van der Waals surface area contributed by atoms with Crippen LogP contribution in [0.5, 0.6) is 5.75 Å². The van der Waals surface area contributed by atoms with E-state index in [1.165, 1.54) is 5.56 Å². The standard InChI is InChI=1S/C23H24BrNO2/c1-17-7-9-18(10-8-17)16-27-23-12-11-21(24)13-20(23)14-25-15-22(26)19-5-3-2-4-6-19/h2-13,22,25-26H,14-16H2,1H3/t22-/m1/s1.